The van der Waals surface area contributed by atoms with Gasteiger partial charge in [0.15, 0.2) is 0 Å². The van der Waals surface area contributed by atoms with Crippen molar-refractivity contribution >= 4 is 23.0 Å². The lowest BCUT2D eigenvalue weighted by atomic mass is 10.2. The van der Waals surface area contributed by atoms with Crippen LogP contribution in [0.1, 0.15) is 10.4 Å². The van der Waals surface area contributed by atoms with E-state index < -0.39 is 0 Å². The molecule has 5 nitrogen and oxygen atoms in total. The zero-order valence-electron chi connectivity index (χ0n) is 12.2. The lowest BCUT2D eigenvalue weighted by Gasteiger charge is -2.08. The fourth-order valence-corrected chi connectivity index (χ4v) is 2.07. The second kappa shape index (κ2) is 6.13. The molecule has 0 bridgehead atoms. The van der Waals surface area contributed by atoms with Gasteiger partial charge in [-0.3, -0.25) is 9.48 Å². The second-order valence-corrected chi connectivity index (χ2v) is 4.93. The molecule has 0 saturated carbocycles. The van der Waals surface area contributed by atoms with Gasteiger partial charge in [-0.1, -0.05) is 18.2 Å². The highest BCUT2D eigenvalue weighted by molar-refractivity contribution is 6.04. The first-order valence-electron chi connectivity index (χ1n) is 6.93. The summed E-state index contributed by atoms with van der Waals surface area (Å²) in [6.45, 7) is 0. The van der Waals surface area contributed by atoms with Gasteiger partial charge in [0.05, 0.1) is 11.8 Å². The Morgan fingerprint density at radius 1 is 0.955 bits per heavy atom. The van der Waals surface area contributed by atoms with Crippen molar-refractivity contribution in [1.82, 2.24) is 9.78 Å². The number of benzene rings is 2. The topological polar surface area (TPSA) is 59.0 Å². The van der Waals surface area contributed by atoms with Gasteiger partial charge in [0.2, 0.25) is 0 Å². The van der Waals surface area contributed by atoms with Crippen molar-refractivity contribution in [3.8, 4) is 0 Å². The number of aryl methyl sites for hydroxylation is 1. The van der Waals surface area contributed by atoms with Crippen molar-refractivity contribution in [1.29, 1.82) is 0 Å². The highest BCUT2D eigenvalue weighted by Crippen LogP contribution is 2.19. The maximum atomic E-state index is 12.0. The number of amides is 1. The van der Waals surface area contributed by atoms with Crippen LogP contribution in [0.15, 0.2) is 67.0 Å². The van der Waals surface area contributed by atoms with Gasteiger partial charge in [0.1, 0.15) is 0 Å². The molecule has 0 fully saturated rings. The molecule has 3 rings (SSSR count). The molecule has 1 aromatic heterocycles. The van der Waals surface area contributed by atoms with Gasteiger partial charge in [-0.05, 0) is 36.4 Å². The Hall–Kier alpha value is -3.08. The van der Waals surface area contributed by atoms with E-state index in [1.54, 1.807) is 24.1 Å². The predicted molar refractivity (Wildman–Crippen MR) is 87.3 cm³/mol. The van der Waals surface area contributed by atoms with E-state index in [0.717, 1.165) is 17.1 Å². The van der Waals surface area contributed by atoms with Crippen LogP contribution >= 0.6 is 0 Å². The van der Waals surface area contributed by atoms with E-state index in [1.807, 2.05) is 54.6 Å². The van der Waals surface area contributed by atoms with Crippen LogP contribution in [-0.2, 0) is 7.05 Å². The van der Waals surface area contributed by atoms with E-state index in [1.165, 1.54) is 0 Å². The van der Waals surface area contributed by atoms with Crippen LogP contribution in [0.4, 0.5) is 17.1 Å². The van der Waals surface area contributed by atoms with E-state index in [9.17, 15) is 4.79 Å². The van der Waals surface area contributed by atoms with Crippen molar-refractivity contribution < 1.29 is 4.79 Å². The molecule has 2 N–H and O–H groups in total. The molecule has 110 valence electrons. The summed E-state index contributed by atoms with van der Waals surface area (Å²) in [4.78, 5) is 12.0. The van der Waals surface area contributed by atoms with Gasteiger partial charge in [0.25, 0.3) is 5.91 Å². The number of hydrogen-bond donors (Lipinski definition) is 2. The number of carbonyl (C=O) groups excluding carboxylic acids is 1. The number of rotatable bonds is 4. The third kappa shape index (κ3) is 3.32. The van der Waals surface area contributed by atoms with Gasteiger partial charge < -0.3 is 10.6 Å². The fraction of sp³-hybridized carbons (Fsp3) is 0.0588. The number of carbonyl (C=O) groups is 1. The summed E-state index contributed by atoms with van der Waals surface area (Å²) >= 11 is 0. The van der Waals surface area contributed by atoms with E-state index in [-0.39, 0.29) is 5.91 Å². The predicted octanol–water partition coefficient (Wildman–Crippen LogP) is 3.42. The Morgan fingerprint density at radius 2 is 1.59 bits per heavy atom. The van der Waals surface area contributed by atoms with Gasteiger partial charge in [-0.25, -0.2) is 0 Å². The number of nitrogens with zero attached hydrogens (tertiary/aromatic N) is 2. The number of hydrogen-bond acceptors (Lipinski definition) is 3. The van der Waals surface area contributed by atoms with E-state index in [0.29, 0.717) is 5.56 Å². The maximum absolute atomic E-state index is 12.0. The molecule has 0 unspecified atom stereocenters. The molecule has 22 heavy (non-hydrogen) atoms. The molecule has 1 amide bonds. The van der Waals surface area contributed by atoms with Gasteiger partial charge in [-0.2, -0.15) is 5.10 Å². The number of aromatic nitrogens is 2. The number of nitrogens with one attached hydrogen (secondary N) is 2. The van der Waals surface area contributed by atoms with Crippen molar-refractivity contribution in [2.75, 3.05) is 10.6 Å². The standard InChI is InChI=1S/C17H16N4O/c1-21-12-13(11-18-21)17(22)20-16-9-7-15(8-10-16)19-14-5-3-2-4-6-14/h2-12,19H,1H3,(H,20,22). The highest BCUT2D eigenvalue weighted by Gasteiger charge is 2.07. The molecule has 0 aliphatic carbocycles. The van der Waals surface area contributed by atoms with E-state index in [2.05, 4.69) is 15.7 Å². The largest absolute Gasteiger partial charge is 0.356 e. The molecule has 0 aliphatic rings. The van der Waals surface area contributed by atoms with Crippen molar-refractivity contribution in [2.24, 2.45) is 7.05 Å². The molecular formula is C17H16N4O. The summed E-state index contributed by atoms with van der Waals surface area (Å²) < 4.78 is 1.60. The van der Waals surface area contributed by atoms with Crippen LogP contribution in [-0.4, -0.2) is 15.7 Å². The second-order valence-electron chi connectivity index (χ2n) is 4.93. The smallest absolute Gasteiger partial charge is 0.258 e. The molecule has 0 atom stereocenters. The van der Waals surface area contributed by atoms with Crippen LogP contribution in [0, 0.1) is 0 Å². The first-order valence-corrected chi connectivity index (χ1v) is 6.93. The Morgan fingerprint density at radius 3 is 2.23 bits per heavy atom. The summed E-state index contributed by atoms with van der Waals surface area (Å²) in [6.07, 6.45) is 3.22. The van der Waals surface area contributed by atoms with Crippen LogP contribution in [0.5, 0.6) is 0 Å². The average molecular weight is 292 g/mol. The summed E-state index contributed by atoms with van der Waals surface area (Å²) in [5, 5.41) is 10.1. The van der Waals surface area contributed by atoms with Gasteiger partial charge in [0, 0.05) is 30.3 Å². The third-order valence-corrected chi connectivity index (χ3v) is 3.17. The highest BCUT2D eigenvalue weighted by atomic mass is 16.1. The first kappa shape index (κ1) is 13.9. The van der Waals surface area contributed by atoms with Crippen LogP contribution in [0.2, 0.25) is 0 Å². The van der Waals surface area contributed by atoms with Gasteiger partial charge >= 0.3 is 0 Å². The normalized spacial score (nSPS) is 10.2. The Labute approximate surface area is 128 Å². The van der Waals surface area contributed by atoms with E-state index >= 15 is 0 Å². The van der Waals surface area contributed by atoms with Crippen LogP contribution < -0.4 is 10.6 Å². The van der Waals surface area contributed by atoms with Crippen LogP contribution in [0.3, 0.4) is 0 Å². The molecule has 0 saturated heterocycles. The molecular weight excluding hydrogens is 276 g/mol. The lowest BCUT2D eigenvalue weighted by Crippen LogP contribution is -2.10. The van der Waals surface area contributed by atoms with E-state index in [4.69, 9.17) is 0 Å². The molecule has 0 aliphatic heterocycles. The van der Waals surface area contributed by atoms with Crippen molar-refractivity contribution in [3.05, 3.63) is 72.6 Å². The first-order chi connectivity index (χ1) is 10.7. The minimum absolute atomic E-state index is 0.170. The fourth-order valence-electron chi connectivity index (χ4n) is 2.07. The molecule has 3 aromatic rings. The quantitative estimate of drug-likeness (QED) is 0.774. The number of para-hydroxylation sites is 1. The van der Waals surface area contributed by atoms with Crippen molar-refractivity contribution in [2.45, 2.75) is 0 Å². The zero-order chi connectivity index (χ0) is 15.4. The minimum atomic E-state index is -0.170. The zero-order valence-corrected chi connectivity index (χ0v) is 12.2. The van der Waals surface area contributed by atoms with Crippen molar-refractivity contribution in [3.63, 3.8) is 0 Å². The summed E-state index contributed by atoms with van der Waals surface area (Å²) in [5.74, 6) is -0.170. The lowest BCUT2D eigenvalue weighted by molar-refractivity contribution is 0.102. The Bertz CT molecular complexity index is 763. The minimum Gasteiger partial charge on any atom is -0.356 e. The number of anilines is 3. The maximum Gasteiger partial charge on any atom is 0.258 e. The molecule has 2 aromatic carbocycles. The van der Waals surface area contributed by atoms with Gasteiger partial charge in [-0.15, -0.1) is 0 Å². The SMILES string of the molecule is Cn1cc(C(=O)Nc2ccc(Nc3ccccc3)cc2)cn1. The molecule has 1 heterocycles. The molecule has 0 radical (unpaired) electrons. The molecule has 5 heteroatoms. The third-order valence-electron chi connectivity index (χ3n) is 3.17. The summed E-state index contributed by atoms with van der Waals surface area (Å²) in [6, 6.07) is 17.5. The Balaban J connectivity index is 1.65. The Kier molecular flexibility index (Phi) is 3.87. The average Bonchev–Trinajstić information content (AvgIpc) is 2.97. The summed E-state index contributed by atoms with van der Waals surface area (Å²) in [7, 11) is 1.78. The monoisotopic (exact) mass is 292 g/mol. The molecule has 0 spiro atoms. The summed E-state index contributed by atoms with van der Waals surface area (Å²) in [5.41, 5.74) is 3.27. The van der Waals surface area contributed by atoms with Crippen LogP contribution in [0.25, 0.3) is 0 Å².